The highest BCUT2D eigenvalue weighted by Crippen LogP contribution is 2.22. The molecular weight excluding hydrogens is 244 g/mol. The molecule has 4 nitrogen and oxygen atoms in total. The van der Waals surface area contributed by atoms with E-state index in [1.807, 2.05) is 18.3 Å². The second-order valence-electron chi connectivity index (χ2n) is 3.91. The van der Waals surface area contributed by atoms with E-state index in [4.69, 9.17) is 5.73 Å². The summed E-state index contributed by atoms with van der Waals surface area (Å²) in [5, 5.41) is 5.96. The van der Waals surface area contributed by atoms with Gasteiger partial charge in [0.15, 0.2) is 5.13 Å². The van der Waals surface area contributed by atoms with Gasteiger partial charge in [0.1, 0.15) is 5.00 Å². The first-order chi connectivity index (χ1) is 8.83. The predicted molar refractivity (Wildman–Crippen MR) is 75.6 cm³/mol. The number of nitrogens with zero attached hydrogens (tertiary/aromatic N) is 2. The van der Waals surface area contributed by atoms with Crippen molar-refractivity contribution in [1.29, 1.82) is 0 Å². The number of fused-ring (bicyclic) bond motifs is 1. The van der Waals surface area contributed by atoms with Gasteiger partial charge in [0.05, 0.1) is 11.7 Å². The first-order valence-corrected chi connectivity index (χ1v) is 6.42. The smallest absolute Gasteiger partial charge is 0.184 e. The Morgan fingerprint density at radius 1 is 1.17 bits per heavy atom. The van der Waals surface area contributed by atoms with E-state index in [9.17, 15) is 0 Å². The number of aromatic nitrogens is 2. The first kappa shape index (κ1) is 11.0. The molecule has 0 fully saturated rings. The third-order valence-corrected chi connectivity index (χ3v) is 3.45. The van der Waals surface area contributed by atoms with Crippen molar-refractivity contribution in [1.82, 2.24) is 9.97 Å². The summed E-state index contributed by atoms with van der Waals surface area (Å²) in [5.74, 6) is 0. The van der Waals surface area contributed by atoms with Crippen molar-refractivity contribution in [2.75, 3.05) is 11.1 Å². The van der Waals surface area contributed by atoms with Crippen LogP contribution in [0.3, 0.4) is 0 Å². The number of pyridine rings is 1. The average molecular weight is 256 g/mol. The highest BCUT2D eigenvalue weighted by atomic mass is 32.1. The Labute approximate surface area is 109 Å². The second kappa shape index (κ2) is 4.62. The van der Waals surface area contributed by atoms with E-state index in [1.165, 1.54) is 11.3 Å². The van der Waals surface area contributed by atoms with Gasteiger partial charge in [-0.15, -0.1) is 0 Å². The lowest BCUT2D eigenvalue weighted by Gasteiger charge is -2.06. The standard InChI is InChI=1S/C13H12N4S/c14-11-8-17-13(18-11)16-7-10-4-1-3-9-5-2-6-15-12(9)10/h1-6,8H,7,14H2,(H,16,17). The summed E-state index contributed by atoms with van der Waals surface area (Å²) >= 11 is 1.45. The molecule has 3 aromatic rings. The number of rotatable bonds is 3. The maximum absolute atomic E-state index is 5.64. The highest BCUT2D eigenvalue weighted by Gasteiger charge is 2.03. The molecule has 2 aromatic heterocycles. The van der Waals surface area contributed by atoms with Crippen LogP contribution in [-0.4, -0.2) is 9.97 Å². The highest BCUT2D eigenvalue weighted by molar-refractivity contribution is 7.19. The lowest BCUT2D eigenvalue weighted by molar-refractivity contribution is 1.14. The summed E-state index contributed by atoms with van der Waals surface area (Å²) in [4.78, 5) is 8.59. The van der Waals surface area contributed by atoms with Gasteiger partial charge in [-0.2, -0.15) is 0 Å². The summed E-state index contributed by atoms with van der Waals surface area (Å²) in [7, 11) is 0. The molecule has 0 atom stereocenters. The number of nitrogen functional groups attached to an aromatic ring is 1. The largest absolute Gasteiger partial charge is 0.389 e. The van der Waals surface area contributed by atoms with Gasteiger partial charge in [-0.05, 0) is 11.6 Å². The van der Waals surface area contributed by atoms with Gasteiger partial charge >= 0.3 is 0 Å². The van der Waals surface area contributed by atoms with Crippen molar-refractivity contribution in [2.45, 2.75) is 6.54 Å². The first-order valence-electron chi connectivity index (χ1n) is 5.61. The van der Waals surface area contributed by atoms with Gasteiger partial charge in [0.25, 0.3) is 0 Å². The van der Waals surface area contributed by atoms with Crippen molar-refractivity contribution >= 4 is 32.4 Å². The minimum absolute atomic E-state index is 0.696. The maximum atomic E-state index is 5.64. The Balaban J connectivity index is 1.86. The van der Waals surface area contributed by atoms with E-state index >= 15 is 0 Å². The van der Waals surface area contributed by atoms with Crippen molar-refractivity contribution in [3.8, 4) is 0 Å². The molecular formula is C13H12N4S. The molecule has 0 spiro atoms. The molecule has 0 saturated heterocycles. The zero-order valence-corrected chi connectivity index (χ0v) is 10.4. The van der Waals surface area contributed by atoms with Crippen LogP contribution in [0.1, 0.15) is 5.56 Å². The molecule has 3 rings (SSSR count). The number of benzene rings is 1. The van der Waals surface area contributed by atoms with Gasteiger partial charge in [-0.3, -0.25) is 4.98 Å². The number of thiazole rings is 1. The minimum atomic E-state index is 0.696. The van der Waals surface area contributed by atoms with Gasteiger partial charge in [0, 0.05) is 18.1 Å². The molecule has 90 valence electrons. The Kier molecular flexibility index (Phi) is 2.82. The summed E-state index contributed by atoms with van der Waals surface area (Å²) in [5.41, 5.74) is 7.82. The molecule has 0 aliphatic carbocycles. The number of hydrogen-bond donors (Lipinski definition) is 2. The summed E-state index contributed by atoms with van der Waals surface area (Å²) in [6, 6.07) is 10.2. The average Bonchev–Trinajstić information content (AvgIpc) is 2.82. The van der Waals surface area contributed by atoms with Crippen LogP contribution >= 0.6 is 11.3 Å². The van der Waals surface area contributed by atoms with Gasteiger partial charge < -0.3 is 11.1 Å². The van der Waals surface area contributed by atoms with E-state index in [0.29, 0.717) is 11.5 Å². The number of nitrogens with two attached hydrogens (primary N) is 1. The lowest BCUT2D eigenvalue weighted by Crippen LogP contribution is -2.00. The zero-order chi connectivity index (χ0) is 12.4. The van der Waals surface area contributed by atoms with Crippen LogP contribution in [0.4, 0.5) is 10.1 Å². The van der Waals surface area contributed by atoms with Crippen molar-refractivity contribution in [3.63, 3.8) is 0 Å². The number of nitrogens with one attached hydrogen (secondary N) is 1. The molecule has 0 aliphatic rings. The Hall–Kier alpha value is -2.14. The third kappa shape index (κ3) is 2.12. The fourth-order valence-corrected chi connectivity index (χ4v) is 2.43. The summed E-state index contributed by atoms with van der Waals surface area (Å²) < 4.78 is 0. The SMILES string of the molecule is Nc1cnc(NCc2cccc3cccnc23)s1. The van der Waals surface area contributed by atoms with Crippen molar-refractivity contribution < 1.29 is 0 Å². The molecule has 5 heteroatoms. The van der Waals surface area contributed by atoms with Crippen molar-refractivity contribution in [3.05, 3.63) is 48.3 Å². The van der Waals surface area contributed by atoms with Crippen molar-refractivity contribution in [2.24, 2.45) is 0 Å². The van der Waals surface area contributed by atoms with E-state index in [-0.39, 0.29) is 0 Å². The van der Waals surface area contributed by atoms with E-state index in [1.54, 1.807) is 6.20 Å². The van der Waals surface area contributed by atoms with E-state index < -0.39 is 0 Å². The monoisotopic (exact) mass is 256 g/mol. The quantitative estimate of drug-likeness (QED) is 0.756. The Morgan fingerprint density at radius 3 is 2.89 bits per heavy atom. The molecule has 0 unspecified atom stereocenters. The fourth-order valence-electron chi connectivity index (χ4n) is 1.85. The van der Waals surface area contributed by atoms with Crippen LogP contribution < -0.4 is 11.1 Å². The molecule has 0 amide bonds. The number of hydrogen-bond acceptors (Lipinski definition) is 5. The minimum Gasteiger partial charge on any atom is -0.389 e. The maximum Gasteiger partial charge on any atom is 0.184 e. The van der Waals surface area contributed by atoms with E-state index in [0.717, 1.165) is 21.6 Å². The molecule has 0 saturated carbocycles. The molecule has 2 heterocycles. The Morgan fingerprint density at radius 2 is 2.06 bits per heavy atom. The number of para-hydroxylation sites is 1. The zero-order valence-electron chi connectivity index (χ0n) is 9.63. The third-order valence-electron chi connectivity index (χ3n) is 2.67. The van der Waals surface area contributed by atoms with Crippen LogP contribution in [0, 0.1) is 0 Å². The van der Waals surface area contributed by atoms with Crippen LogP contribution in [0.2, 0.25) is 0 Å². The van der Waals surface area contributed by atoms with Crippen LogP contribution in [-0.2, 0) is 6.54 Å². The second-order valence-corrected chi connectivity index (χ2v) is 4.98. The van der Waals surface area contributed by atoms with Gasteiger partial charge in [-0.25, -0.2) is 4.98 Å². The molecule has 1 aromatic carbocycles. The topological polar surface area (TPSA) is 63.8 Å². The van der Waals surface area contributed by atoms with E-state index in [2.05, 4.69) is 33.5 Å². The molecule has 0 radical (unpaired) electrons. The van der Waals surface area contributed by atoms with Crippen LogP contribution in [0.5, 0.6) is 0 Å². The molecule has 18 heavy (non-hydrogen) atoms. The fraction of sp³-hybridized carbons (Fsp3) is 0.0769. The van der Waals surface area contributed by atoms with Gasteiger partial charge in [-0.1, -0.05) is 35.6 Å². The van der Waals surface area contributed by atoms with Gasteiger partial charge in [0.2, 0.25) is 0 Å². The molecule has 0 bridgehead atoms. The predicted octanol–water partition coefficient (Wildman–Crippen LogP) is 2.89. The van der Waals surface area contributed by atoms with Crippen LogP contribution in [0.25, 0.3) is 10.9 Å². The Bertz CT molecular complexity index is 672. The van der Waals surface area contributed by atoms with Crippen LogP contribution in [0.15, 0.2) is 42.7 Å². The molecule has 0 aliphatic heterocycles. The summed E-state index contributed by atoms with van der Waals surface area (Å²) in [6.07, 6.45) is 3.47. The summed E-state index contributed by atoms with van der Waals surface area (Å²) in [6.45, 7) is 0.696. The number of anilines is 2. The lowest BCUT2D eigenvalue weighted by atomic mass is 10.1. The molecule has 3 N–H and O–H groups in total. The normalized spacial score (nSPS) is 10.7.